The van der Waals surface area contributed by atoms with Crippen molar-refractivity contribution in [2.45, 2.75) is 52.0 Å². The molecule has 2 aliphatic carbocycles. The predicted molar refractivity (Wildman–Crippen MR) is 76.6 cm³/mol. The topological polar surface area (TPSA) is 15.3 Å². The van der Waals surface area contributed by atoms with E-state index in [0.29, 0.717) is 0 Å². The van der Waals surface area contributed by atoms with Gasteiger partial charge in [-0.3, -0.25) is 4.90 Å². The number of nitrogens with one attached hydrogen (secondary N) is 1. The van der Waals surface area contributed by atoms with Gasteiger partial charge in [0.1, 0.15) is 0 Å². The highest BCUT2D eigenvalue weighted by Crippen LogP contribution is 2.48. The van der Waals surface area contributed by atoms with Gasteiger partial charge in [0.15, 0.2) is 0 Å². The van der Waals surface area contributed by atoms with Crippen molar-refractivity contribution in [2.24, 2.45) is 23.7 Å². The summed E-state index contributed by atoms with van der Waals surface area (Å²) in [5.41, 5.74) is 0. The Balaban J connectivity index is 1.59. The Bertz CT molecular complexity index is 278. The van der Waals surface area contributed by atoms with E-state index in [4.69, 9.17) is 0 Å². The molecule has 0 aromatic rings. The number of fused-ring (bicyclic) bond motifs is 2. The Morgan fingerprint density at radius 1 is 1.28 bits per heavy atom. The van der Waals surface area contributed by atoms with E-state index in [9.17, 15) is 0 Å². The third-order valence-corrected chi connectivity index (χ3v) is 6.05. The molecule has 0 radical (unpaired) electrons. The lowest BCUT2D eigenvalue weighted by Gasteiger charge is -2.42. The van der Waals surface area contributed by atoms with Gasteiger partial charge in [0.25, 0.3) is 0 Å². The van der Waals surface area contributed by atoms with Crippen LogP contribution in [0.5, 0.6) is 0 Å². The molecular formula is C16H30N2. The Kier molecular flexibility index (Phi) is 3.95. The van der Waals surface area contributed by atoms with Crippen molar-refractivity contribution < 1.29 is 0 Å². The number of piperazine rings is 1. The lowest BCUT2D eigenvalue weighted by Crippen LogP contribution is -2.55. The van der Waals surface area contributed by atoms with Gasteiger partial charge in [0.2, 0.25) is 0 Å². The molecular weight excluding hydrogens is 220 g/mol. The minimum absolute atomic E-state index is 0.794. The molecule has 0 amide bonds. The van der Waals surface area contributed by atoms with Gasteiger partial charge in [-0.05, 0) is 42.9 Å². The van der Waals surface area contributed by atoms with Crippen LogP contribution in [0.2, 0.25) is 0 Å². The molecule has 1 N–H and O–H groups in total. The highest BCUT2D eigenvalue weighted by atomic mass is 15.2. The highest BCUT2D eigenvalue weighted by Gasteiger charge is 2.41. The minimum Gasteiger partial charge on any atom is -0.314 e. The molecule has 5 unspecified atom stereocenters. The van der Waals surface area contributed by atoms with Crippen LogP contribution in [0.4, 0.5) is 0 Å². The third kappa shape index (κ3) is 2.46. The van der Waals surface area contributed by atoms with Crippen molar-refractivity contribution in [3.8, 4) is 0 Å². The van der Waals surface area contributed by atoms with E-state index in [1.807, 2.05) is 0 Å². The summed E-state index contributed by atoms with van der Waals surface area (Å²) < 4.78 is 0. The van der Waals surface area contributed by atoms with Crippen molar-refractivity contribution in [3.05, 3.63) is 0 Å². The van der Waals surface area contributed by atoms with E-state index in [-0.39, 0.29) is 0 Å². The largest absolute Gasteiger partial charge is 0.314 e. The predicted octanol–water partition coefficient (Wildman–Crippen LogP) is 2.74. The van der Waals surface area contributed by atoms with Gasteiger partial charge in [-0.2, -0.15) is 0 Å². The van der Waals surface area contributed by atoms with Gasteiger partial charge in [-0.25, -0.2) is 0 Å². The van der Waals surface area contributed by atoms with Gasteiger partial charge in [0, 0.05) is 32.2 Å². The summed E-state index contributed by atoms with van der Waals surface area (Å²) in [5.74, 6) is 4.07. The van der Waals surface area contributed by atoms with Gasteiger partial charge in [-0.1, -0.05) is 26.7 Å². The van der Waals surface area contributed by atoms with Gasteiger partial charge < -0.3 is 5.32 Å². The minimum atomic E-state index is 0.794. The molecule has 5 atom stereocenters. The van der Waals surface area contributed by atoms with Crippen LogP contribution in [0.1, 0.15) is 46.0 Å². The molecule has 0 aromatic carbocycles. The fourth-order valence-corrected chi connectivity index (χ4v) is 4.73. The molecule has 0 aromatic heterocycles. The number of rotatable bonds is 4. The van der Waals surface area contributed by atoms with Crippen LogP contribution in [-0.4, -0.2) is 37.1 Å². The number of nitrogens with zero attached hydrogens (tertiary/aromatic N) is 1. The Labute approximate surface area is 113 Å². The molecule has 2 nitrogen and oxygen atoms in total. The first kappa shape index (κ1) is 12.9. The zero-order valence-electron chi connectivity index (χ0n) is 12.2. The maximum Gasteiger partial charge on any atom is 0.0246 e. The fourth-order valence-electron chi connectivity index (χ4n) is 4.73. The second-order valence-electron chi connectivity index (χ2n) is 7.09. The fraction of sp³-hybridized carbons (Fsp3) is 1.00. The van der Waals surface area contributed by atoms with Crippen molar-refractivity contribution in [1.82, 2.24) is 10.2 Å². The smallest absolute Gasteiger partial charge is 0.0246 e. The summed E-state index contributed by atoms with van der Waals surface area (Å²) >= 11 is 0. The molecule has 18 heavy (non-hydrogen) atoms. The molecule has 3 fully saturated rings. The zero-order valence-corrected chi connectivity index (χ0v) is 12.2. The molecule has 1 heterocycles. The lowest BCUT2D eigenvalue weighted by atomic mass is 9.87. The summed E-state index contributed by atoms with van der Waals surface area (Å²) in [6.07, 6.45) is 7.50. The summed E-state index contributed by atoms with van der Waals surface area (Å²) in [4.78, 5) is 2.83. The van der Waals surface area contributed by atoms with E-state index < -0.39 is 0 Å². The average molecular weight is 250 g/mol. The highest BCUT2D eigenvalue weighted by molar-refractivity contribution is 4.93. The first-order chi connectivity index (χ1) is 8.78. The van der Waals surface area contributed by atoms with Crippen LogP contribution < -0.4 is 5.32 Å². The maximum absolute atomic E-state index is 3.60. The second-order valence-corrected chi connectivity index (χ2v) is 7.09. The molecule has 3 aliphatic rings. The molecule has 3 rings (SSSR count). The molecule has 1 saturated heterocycles. The average Bonchev–Trinajstić information content (AvgIpc) is 3.01. The van der Waals surface area contributed by atoms with Crippen LogP contribution in [0.15, 0.2) is 0 Å². The standard InChI is InChI=1S/C16H30N2/c1-3-12(2)16-10-17-6-7-18(16)11-15-9-13-4-5-14(15)8-13/h12-17H,3-11H2,1-2H3. The van der Waals surface area contributed by atoms with Crippen molar-refractivity contribution in [3.63, 3.8) is 0 Å². The lowest BCUT2D eigenvalue weighted by molar-refractivity contribution is 0.0846. The Morgan fingerprint density at radius 3 is 2.83 bits per heavy atom. The molecule has 2 heteroatoms. The SMILES string of the molecule is CCC(C)C1CNCCN1CC1CC2CCC1C2. The first-order valence-corrected chi connectivity index (χ1v) is 8.22. The number of hydrogen-bond acceptors (Lipinski definition) is 2. The van der Waals surface area contributed by atoms with E-state index >= 15 is 0 Å². The molecule has 0 spiro atoms. The molecule has 2 bridgehead atoms. The number of hydrogen-bond donors (Lipinski definition) is 1. The molecule has 104 valence electrons. The Hall–Kier alpha value is -0.0800. The van der Waals surface area contributed by atoms with Crippen molar-refractivity contribution in [2.75, 3.05) is 26.2 Å². The summed E-state index contributed by atoms with van der Waals surface area (Å²) in [6, 6.07) is 0.794. The molecule has 2 saturated carbocycles. The monoisotopic (exact) mass is 250 g/mol. The van der Waals surface area contributed by atoms with E-state index in [1.54, 1.807) is 12.8 Å². The third-order valence-electron chi connectivity index (χ3n) is 6.05. The van der Waals surface area contributed by atoms with Crippen LogP contribution in [0, 0.1) is 23.7 Å². The van der Waals surface area contributed by atoms with Gasteiger partial charge in [0.05, 0.1) is 0 Å². The summed E-state index contributed by atoms with van der Waals surface area (Å²) in [5, 5.41) is 3.60. The van der Waals surface area contributed by atoms with Crippen LogP contribution in [-0.2, 0) is 0 Å². The van der Waals surface area contributed by atoms with E-state index in [2.05, 4.69) is 24.1 Å². The first-order valence-electron chi connectivity index (χ1n) is 8.22. The van der Waals surface area contributed by atoms with Gasteiger partial charge in [-0.15, -0.1) is 0 Å². The summed E-state index contributed by atoms with van der Waals surface area (Å²) in [7, 11) is 0. The summed E-state index contributed by atoms with van der Waals surface area (Å²) in [6.45, 7) is 9.88. The zero-order chi connectivity index (χ0) is 12.5. The quantitative estimate of drug-likeness (QED) is 0.825. The maximum atomic E-state index is 3.60. The molecule has 1 aliphatic heterocycles. The normalized spacial score (nSPS) is 42.3. The van der Waals surface area contributed by atoms with E-state index in [0.717, 1.165) is 29.7 Å². The second kappa shape index (κ2) is 5.50. The van der Waals surface area contributed by atoms with Crippen LogP contribution in [0.3, 0.4) is 0 Å². The van der Waals surface area contributed by atoms with Crippen LogP contribution >= 0.6 is 0 Å². The van der Waals surface area contributed by atoms with Crippen LogP contribution in [0.25, 0.3) is 0 Å². The van der Waals surface area contributed by atoms with Gasteiger partial charge >= 0.3 is 0 Å². The van der Waals surface area contributed by atoms with Crippen molar-refractivity contribution in [1.29, 1.82) is 0 Å². The Morgan fingerprint density at radius 2 is 2.17 bits per heavy atom. The van der Waals surface area contributed by atoms with E-state index in [1.165, 1.54) is 45.4 Å². The van der Waals surface area contributed by atoms with Crippen molar-refractivity contribution >= 4 is 0 Å².